The van der Waals surface area contributed by atoms with Gasteiger partial charge in [0, 0.05) is 6.54 Å². The second-order valence-corrected chi connectivity index (χ2v) is 4.76. The molecule has 1 unspecified atom stereocenters. The van der Waals surface area contributed by atoms with E-state index in [0.717, 1.165) is 24.9 Å². The molecule has 1 aromatic carbocycles. The second kappa shape index (κ2) is 7.49. The van der Waals surface area contributed by atoms with Crippen LogP contribution in [0.1, 0.15) is 32.3 Å². The van der Waals surface area contributed by atoms with Gasteiger partial charge in [-0.2, -0.15) is 0 Å². The van der Waals surface area contributed by atoms with Crippen LogP contribution in [0.15, 0.2) is 12.1 Å². The van der Waals surface area contributed by atoms with Gasteiger partial charge in [-0.15, -0.1) is 0 Å². The third kappa shape index (κ3) is 4.07. The Morgan fingerprint density at radius 1 is 1.39 bits per heavy atom. The molecule has 102 valence electrons. The van der Waals surface area contributed by atoms with Crippen molar-refractivity contribution < 1.29 is 9.47 Å². The Kier molecular flexibility index (Phi) is 6.30. The molecule has 0 amide bonds. The van der Waals surface area contributed by atoms with Crippen molar-refractivity contribution >= 4 is 11.6 Å². The molecule has 0 saturated heterocycles. The summed E-state index contributed by atoms with van der Waals surface area (Å²) in [6.45, 7) is 4.93. The normalized spacial score (nSPS) is 12.3. The summed E-state index contributed by atoms with van der Waals surface area (Å²) in [5.41, 5.74) is 1.08. The number of hydrogen-bond donors (Lipinski definition) is 1. The second-order valence-electron chi connectivity index (χ2n) is 4.36. The number of rotatable bonds is 7. The number of benzene rings is 1. The highest BCUT2D eigenvalue weighted by molar-refractivity contribution is 6.32. The maximum absolute atomic E-state index is 6.26. The first-order valence-corrected chi connectivity index (χ1v) is 6.67. The molecule has 0 aliphatic carbocycles. The van der Waals surface area contributed by atoms with Gasteiger partial charge in [-0.05, 0) is 38.1 Å². The molecule has 1 rings (SSSR count). The maximum Gasteiger partial charge on any atom is 0.180 e. The van der Waals surface area contributed by atoms with Crippen LogP contribution in [0.3, 0.4) is 0 Å². The Bertz CT molecular complexity index is 382. The van der Waals surface area contributed by atoms with Crippen LogP contribution in [-0.4, -0.2) is 20.3 Å². The fraction of sp³-hybridized carbons (Fsp3) is 0.571. The van der Waals surface area contributed by atoms with Crippen LogP contribution >= 0.6 is 11.6 Å². The van der Waals surface area contributed by atoms with Crippen LogP contribution < -0.4 is 14.8 Å². The first-order chi connectivity index (χ1) is 8.62. The van der Waals surface area contributed by atoms with Gasteiger partial charge in [-0.25, -0.2) is 0 Å². The minimum Gasteiger partial charge on any atom is -0.493 e. The molecule has 0 saturated carbocycles. The number of hydrogen-bond acceptors (Lipinski definition) is 3. The smallest absolute Gasteiger partial charge is 0.180 e. The van der Waals surface area contributed by atoms with Crippen LogP contribution in [0.2, 0.25) is 5.02 Å². The van der Waals surface area contributed by atoms with Crippen molar-refractivity contribution in [3.8, 4) is 11.5 Å². The summed E-state index contributed by atoms with van der Waals surface area (Å²) in [5, 5.41) is 3.69. The van der Waals surface area contributed by atoms with Gasteiger partial charge in [0.2, 0.25) is 0 Å². The van der Waals surface area contributed by atoms with Gasteiger partial charge >= 0.3 is 0 Å². The van der Waals surface area contributed by atoms with Crippen LogP contribution in [0, 0.1) is 0 Å². The van der Waals surface area contributed by atoms with Gasteiger partial charge in [0.05, 0.1) is 18.2 Å². The molecular formula is C14H22ClNO2. The Labute approximate surface area is 114 Å². The Morgan fingerprint density at radius 3 is 2.67 bits per heavy atom. The first-order valence-electron chi connectivity index (χ1n) is 6.30. The largest absolute Gasteiger partial charge is 0.493 e. The first kappa shape index (κ1) is 15.1. The van der Waals surface area contributed by atoms with Crippen molar-refractivity contribution in [1.29, 1.82) is 0 Å². The SMILES string of the molecule is CCCC(C)Oc1c(Cl)cc(CNC)cc1OC. The average molecular weight is 272 g/mol. The van der Waals surface area contributed by atoms with E-state index in [2.05, 4.69) is 12.2 Å². The van der Waals surface area contributed by atoms with Crippen molar-refractivity contribution in [1.82, 2.24) is 5.32 Å². The van der Waals surface area contributed by atoms with E-state index in [-0.39, 0.29) is 6.10 Å². The van der Waals surface area contributed by atoms with E-state index < -0.39 is 0 Å². The molecule has 3 nitrogen and oxygen atoms in total. The van der Waals surface area contributed by atoms with E-state index in [1.807, 2.05) is 26.1 Å². The maximum atomic E-state index is 6.26. The van der Waals surface area contributed by atoms with E-state index in [9.17, 15) is 0 Å². The molecule has 18 heavy (non-hydrogen) atoms. The summed E-state index contributed by atoms with van der Waals surface area (Å²) in [7, 11) is 3.53. The van der Waals surface area contributed by atoms with E-state index >= 15 is 0 Å². The standard InChI is InChI=1S/C14H22ClNO2/c1-5-6-10(2)18-14-12(15)7-11(9-16-3)8-13(14)17-4/h7-8,10,16H,5-6,9H2,1-4H3. The van der Waals surface area contributed by atoms with Gasteiger partial charge in [0.25, 0.3) is 0 Å². The van der Waals surface area contributed by atoms with E-state index in [0.29, 0.717) is 16.5 Å². The summed E-state index contributed by atoms with van der Waals surface area (Å²) >= 11 is 6.26. The molecule has 0 aliphatic heterocycles. The lowest BCUT2D eigenvalue weighted by Gasteiger charge is -2.18. The highest BCUT2D eigenvalue weighted by Crippen LogP contribution is 2.37. The summed E-state index contributed by atoms with van der Waals surface area (Å²) < 4.78 is 11.2. The van der Waals surface area contributed by atoms with Gasteiger partial charge in [0.15, 0.2) is 11.5 Å². The lowest BCUT2D eigenvalue weighted by molar-refractivity contribution is 0.201. The predicted octanol–water partition coefficient (Wildman–Crippen LogP) is 3.64. The Balaban J connectivity index is 2.95. The molecule has 0 fully saturated rings. The predicted molar refractivity (Wildman–Crippen MR) is 75.8 cm³/mol. The lowest BCUT2D eigenvalue weighted by atomic mass is 10.2. The Morgan fingerprint density at radius 2 is 2.11 bits per heavy atom. The number of ether oxygens (including phenoxy) is 2. The average Bonchev–Trinajstić information content (AvgIpc) is 2.33. The molecular weight excluding hydrogens is 250 g/mol. The molecule has 1 atom stereocenters. The molecule has 0 spiro atoms. The minimum absolute atomic E-state index is 0.136. The highest BCUT2D eigenvalue weighted by Gasteiger charge is 2.14. The summed E-state index contributed by atoms with van der Waals surface area (Å²) in [5.74, 6) is 1.33. The highest BCUT2D eigenvalue weighted by atomic mass is 35.5. The van der Waals surface area contributed by atoms with Crippen molar-refractivity contribution in [3.05, 3.63) is 22.7 Å². The van der Waals surface area contributed by atoms with Crippen LogP contribution in [0.5, 0.6) is 11.5 Å². The molecule has 1 aromatic rings. The third-order valence-electron chi connectivity index (χ3n) is 2.68. The molecule has 0 radical (unpaired) electrons. The minimum atomic E-state index is 0.136. The van der Waals surface area contributed by atoms with Gasteiger partial charge in [0.1, 0.15) is 0 Å². The topological polar surface area (TPSA) is 30.5 Å². The van der Waals surface area contributed by atoms with Crippen molar-refractivity contribution in [2.75, 3.05) is 14.2 Å². The zero-order valence-corrected chi connectivity index (χ0v) is 12.3. The van der Waals surface area contributed by atoms with E-state index in [4.69, 9.17) is 21.1 Å². The van der Waals surface area contributed by atoms with Gasteiger partial charge in [-0.1, -0.05) is 24.9 Å². The summed E-state index contributed by atoms with van der Waals surface area (Å²) in [4.78, 5) is 0. The molecule has 0 heterocycles. The van der Waals surface area contributed by atoms with Crippen molar-refractivity contribution in [2.24, 2.45) is 0 Å². The van der Waals surface area contributed by atoms with E-state index in [1.54, 1.807) is 7.11 Å². The number of methoxy groups -OCH3 is 1. The monoisotopic (exact) mass is 271 g/mol. The molecule has 0 bridgehead atoms. The third-order valence-corrected chi connectivity index (χ3v) is 2.97. The quantitative estimate of drug-likeness (QED) is 0.821. The molecule has 0 aliphatic rings. The van der Waals surface area contributed by atoms with Crippen LogP contribution in [0.25, 0.3) is 0 Å². The van der Waals surface area contributed by atoms with E-state index in [1.165, 1.54) is 0 Å². The summed E-state index contributed by atoms with van der Waals surface area (Å²) in [6.07, 6.45) is 2.22. The van der Waals surface area contributed by atoms with Gasteiger partial charge < -0.3 is 14.8 Å². The summed E-state index contributed by atoms with van der Waals surface area (Å²) in [6, 6.07) is 3.87. The fourth-order valence-electron chi connectivity index (χ4n) is 1.86. The molecule has 1 N–H and O–H groups in total. The zero-order chi connectivity index (χ0) is 13.5. The van der Waals surface area contributed by atoms with Crippen molar-refractivity contribution in [2.45, 2.75) is 39.3 Å². The van der Waals surface area contributed by atoms with Crippen LogP contribution in [0.4, 0.5) is 0 Å². The number of halogens is 1. The fourth-order valence-corrected chi connectivity index (χ4v) is 2.14. The van der Waals surface area contributed by atoms with Crippen LogP contribution in [-0.2, 0) is 6.54 Å². The molecule has 4 heteroatoms. The molecule has 0 aromatic heterocycles. The Hall–Kier alpha value is -0.930. The lowest BCUT2D eigenvalue weighted by Crippen LogP contribution is -2.12. The zero-order valence-electron chi connectivity index (χ0n) is 11.5. The van der Waals surface area contributed by atoms with Crippen molar-refractivity contribution in [3.63, 3.8) is 0 Å². The number of nitrogens with one attached hydrogen (secondary N) is 1. The van der Waals surface area contributed by atoms with Gasteiger partial charge in [-0.3, -0.25) is 0 Å².